The molecule has 0 aliphatic heterocycles. The highest BCUT2D eigenvalue weighted by Crippen LogP contribution is 1.96. The van der Waals surface area contributed by atoms with Crippen molar-refractivity contribution in [2.45, 2.75) is 6.42 Å². The van der Waals surface area contributed by atoms with Gasteiger partial charge in [-0.25, -0.2) is 0 Å². The van der Waals surface area contributed by atoms with Crippen molar-refractivity contribution in [3.05, 3.63) is 0 Å². The Bertz CT molecular complexity index is 626. The van der Waals surface area contributed by atoms with E-state index in [0.717, 1.165) is 4.90 Å². The van der Waals surface area contributed by atoms with Gasteiger partial charge in [0.1, 0.15) is 6.29 Å². The number of carbonyl (C=O) groups excluding carboxylic acids is 6. The third kappa shape index (κ3) is 16.4. The number of aldehydes is 1. The summed E-state index contributed by atoms with van der Waals surface area (Å²) >= 11 is 0. The molecule has 1 amide bonds. The molecule has 0 fully saturated rings. The lowest BCUT2D eigenvalue weighted by Gasteiger charge is -2.30. The first-order chi connectivity index (χ1) is 14.5. The zero-order valence-corrected chi connectivity index (χ0v) is 16.8. The fourth-order valence-electron chi connectivity index (χ4n) is 2.52. The molecule has 0 aromatic carbocycles. The molecule has 0 spiro atoms. The second-order valence-electron chi connectivity index (χ2n) is 6.49. The van der Waals surface area contributed by atoms with Crippen LogP contribution in [0.1, 0.15) is 6.42 Å². The zero-order chi connectivity index (χ0) is 23.8. The zero-order valence-electron chi connectivity index (χ0n) is 16.8. The number of rotatable bonds is 19. The number of carboxylic acid groups (broad SMARTS) is 4. The van der Waals surface area contributed by atoms with Crippen molar-refractivity contribution < 1.29 is 49.2 Å². The molecule has 14 heteroatoms. The van der Waals surface area contributed by atoms with Crippen LogP contribution in [0.3, 0.4) is 0 Å². The smallest absolute Gasteiger partial charge is 0.234 e. The molecule has 0 unspecified atom stereocenters. The molecule has 0 bridgehead atoms. The molecular formula is C17H24N4O10-4. The van der Waals surface area contributed by atoms with Gasteiger partial charge in [-0.15, -0.1) is 0 Å². The average Bonchev–Trinajstić information content (AvgIpc) is 2.62. The molecule has 31 heavy (non-hydrogen) atoms. The lowest BCUT2D eigenvalue weighted by atomic mass is 10.3. The highest BCUT2D eigenvalue weighted by molar-refractivity contribution is 5.79. The molecule has 0 aliphatic rings. The fourth-order valence-corrected chi connectivity index (χ4v) is 2.52. The predicted octanol–water partition coefficient (Wildman–Crippen LogP) is -8.40. The van der Waals surface area contributed by atoms with Gasteiger partial charge in [-0.2, -0.15) is 0 Å². The maximum atomic E-state index is 11.8. The molecular weight excluding hydrogens is 420 g/mol. The van der Waals surface area contributed by atoms with Gasteiger partial charge in [0.25, 0.3) is 0 Å². The topological polar surface area (TPSA) is 216 Å². The summed E-state index contributed by atoms with van der Waals surface area (Å²) in [7, 11) is 0. The van der Waals surface area contributed by atoms with E-state index >= 15 is 0 Å². The molecule has 0 saturated heterocycles. The number of carboxylic acids is 4. The highest BCUT2D eigenvalue weighted by Gasteiger charge is 2.15. The second-order valence-corrected chi connectivity index (χ2v) is 6.49. The van der Waals surface area contributed by atoms with E-state index in [1.54, 1.807) is 0 Å². The second kappa shape index (κ2) is 15.7. The third-order valence-corrected chi connectivity index (χ3v) is 3.83. The quantitative estimate of drug-likeness (QED) is 0.145. The number of hydrogen-bond donors (Lipinski definition) is 1. The van der Waals surface area contributed by atoms with Crippen molar-refractivity contribution in [3.8, 4) is 0 Å². The van der Waals surface area contributed by atoms with Crippen LogP contribution in [0.4, 0.5) is 0 Å². The Labute approximate surface area is 178 Å². The Morgan fingerprint density at radius 2 is 0.968 bits per heavy atom. The van der Waals surface area contributed by atoms with Crippen molar-refractivity contribution >= 4 is 36.1 Å². The standard InChI is InChI=1S/C17H28N4O10/c22-7-1-2-18-13(23)8-20(10-15(26)27)5-3-19(9-14(24)25)4-6-21(11-16(28)29)12-17(30)31/h7H,1-6,8-12H2,(H,18,23)(H,24,25)(H,26,27)(H,28,29)(H,30,31)/p-4. The van der Waals surface area contributed by atoms with Crippen molar-refractivity contribution in [2.24, 2.45) is 0 Å². The maximum absolute atomic E-state index is 11.8. The lowest BCUT2D eigenvalue weighted by Crippen LogP contribution is -2.50. The third-order valence-electron chi connectivity index (χ3n) is 3.83. The van der Waals surface area contributed by atoms with Crippen LogP contribution >= 0.6 is 0 Å². The Balaban J connectivity index is 4.93. The minimum Gasteiger partial charge on any atom is -0.549 e. The number of carbonyl (C=O) groups is 6. The Morgan fingerprint density at radius 1 is 0.613 bits per heavy atom. The maximum Gasteiger partial charge on any atom is 0.234 e. The van der Waals surface area contributed by atoms with Gasteiger partial charge in [0.2, 0.25) is 5.91 Å². The van der Waals surface area contributed by atoms with Gasteiger partial charge in [-0.05, 0) is 0 Å². The van der Waals surface area contributed by atoms with E-state index in [0.29, 0.717) is 6.29 Å². The predicted molar refractivity (Wildman–Crippen MR) is 93.0 cm³/mol. The van der Waals surface area contributed by atoms with Crippen molar-refractivity contribution in [2.75, 3.05) is 65.4 Å². The molecule has 0 aromatic heterocycles. The molecule has 0 rings (SSSR count). The largest absolute Gasteiger partial charge is 0.549 e. The van der Waals surface area contributed by atoms with Crippen LogP contribution in [0.5, 0.6) is 0 Å². The Hall–Kier alpha value is -3.10. The van der Waals surface area contributed by atoms with E-state index in [1.165, 1.54) is 9.80 Å². The Morgan fingerprint density at radius 3 is 1.35 bits per heavy atom. The summed E-state index contributed by atoms with van der Waals surface area (Å²) in [6.45, 7) is -3.34. The van der Waals surface area contributed by atoms with E-state index in [4.69, 9.17) is 0 Å². The molecule has 0 aromatic rings. The van der Waals surface area contributed by atoms with Crippen LogP contribution in [0.15, 0.2) is 0 Å². The molecule has 176 valence electrons. The molecule has 0 saturated carbocycles. The first-order valence-corrected chi connectivity index (χ1v) is 9.20. The van der Waals surface area contributed by atoms with Crippen LogP contribution in [-0.4, -0.2) is 116 Å². The summed E-state index contributed by atoms with van der Waals surface area (Å²) in [6.07, 6.45) is 0.682. The SMILES string of the molecule is O=CCCNC(=O)CN(CCN(CCN(CC(=O)[O-])CC(=O)[O-])CC(=O)[O-])CC(=O)[O-]. The van der Waals surface area contributed by atoms with Gasteiger partial charge in [-0.1, -0.05) is 0 Å². The van der Waals surface area contributed by atoms with Gasteiger partial charge < -0.3 is 49.7 Å². The monoisotopic (exact) mass is 444 g/mol. The fraction of sp³-hybridized carbons (Fsp3) is 0.647. The minimum absolute atomic E-state index is 0.0621. The summed E-state index contributed by atoms with van der Waals surface area (Å²) < 4.78 is 0. The van der Waals surface area contributed by atoms with Crippen LogP contribution in [-0.2, 0) is 28.8 Å². The minimum atomic E-state index is -1.53. The molecule has 1 N–H and O–H groups in total. The van der Waals surface area contributed by atoms with Crippen molar-refractivity contribution in [3.63, 3.8) is 0 Å². The van der Waals surface area contributed by atoms with Crippen LogP contribution < -0.4 is 25.7 Å². The molecule has 0 atom stereocenters. The van der Waals surface area contributed by atoms with E-state index in [-0.39, 0.29) is 45.7 Å². The van der Waals surface area contributed by atoms with Gasteiger partial charge >= 0.3 is 0 Å². The van der Waals surface area contributed by atoms with Gasteiger partial charge in [-0.3, -0.25) is 19.5 Å². The first-order valence-electron chi connectivity index (χ1n) is 9.20. The highest BCUT2D eigenvalue weighted by atomic mass is 16.4. The number of aliphatic carboxylic acids is 4. The van der Waals surface area contributed by atoms with Crippen LogP contribution in [0, 0.1) is 0 Å². The number of amides is 1. The molecule has 0 heterocycles. The molecule has 14 nitrogen and oxygen atoms in total. The van der Waals surface area contributed by atoms with Crippen LogP contribution in [0.25, 0.3) is 0 Å². The Kier molecular flexibility index (Phi) is 14.1. The van der Waals surface area contributed by atoms with E-state index < -0.39 is 56.0 Å². The normalized spacial score (nSPS) is 10.9. The van der Waals surface area contributed by atoms with E-state index in [9.17, 15) is 49.2 Å². The number of nitrogens with one attached hydrogen (secondary N) is 1. The molecule has 0 aliphatic carbocycles. The molecule has 0 radical (unpaired) electrons. The van der Waals surface area contributed by atoms with E-state index in [2.05, 4.69) is 5.32 Å². The number of nitrogens with zero attached hydrogens (tertiary/aromatic N) is 3. The first kappa shape index (κ1) is 27.9. The lowest BCUT2D eigenvalue weighted by molar-refractivity contribution is -0.311. The van der Waals surface area contributed by atoms with E-state index in [1.807, 2.05) is 0 Å². The number of hydrogen-bond acceptors (Lipinski definition) is 13. The van der Waals surface area contributed by atoms with Gasteiger partial charge in [0.15, 0.2) is 0 Å². The van der Waals surface area contributed by atoms with Gasteiger partial charge in [0, 0.05) is 65.3 Å². The van der Waals surface area contributed by atoms with Crippen LogP contribution in [0.2, 0.25) is 0 Å². The van der Waals surface area contributed by atoms with Crippen molar-refractivity contribution in [1.82, 2.24) is 20.0 Å². The summed E-state index contributed by atoms with van der Waals surface area (Å²) in [5, 5.41) is 45.7. The van der Waals surface area contributed by atoms with Gasteiger partial charge in [0.05, 0.1) is 30.4 Å². The summed E-state index contributed by atoms with van der Waals surface area (Å²) in [5.41, 5.74) is 0. The summed E-state index contributed by atoms with van der Waals surface area (Å²) in [5.74, 6) is -6.56. The average molecular weight is 444 g/mol. The van der Waals surface area contributed by atoms with Crippen molar-refractivity contribution in [1.29, 1.82) is 0 Å². The summed E-state index contributed by atoms with van der Waals surface area (Å²) in [6, 6.07) is 0. The summed E-state index contributed by atoms with van der Waals surface area (Å²) in [4.78, 5) is 68.8.